The molecule has 22 heavy (non-hydrogen) atoms. The SMILES string of the molecule is CCCCCCCCCCCCCCC(N)COC(C)(C)C. The van der Waals surface area contributed by atoms with Gasteiger partial charge in [-0.15, -0.1) is 0 Å². The Morgan fingerprint density at radius 2 is 1.14 bits per heavy atom. The van der Waals surface area contributed by atoms with Crippen molar-refractivity contribution in [2.45, 2.75) is 123 Å². The Hall–Kier alpha value is -0.0800. The van der Waals surface area contributed by atoms with Crippen LogP contribution in [0.5, 0.6) is 0 Å². The molecule has 2 heteroatoms. The second-order valence-corrected chi connectivity index (χ2v) is 7.86. The van der Waals surface area contributed by atoms with Crippen molar-refractivity contribution in [3.05, 3.63) is 0 Å². The first-order chi connectivity index (χ1) is 10.5. The molecule has 0 saturated heterocycles. The third-order valence-electron chi connectivity index (χ3n) is 4.16. The summed E-state index contributed by atoms with van der Waals surface area (Å²) >= 11 is 0. The highest BCUT2D eigenvalue weighted by atomic mass is 16.5. The third-order valence-corrected chi connectivity index (χ3v) is 4.16. The highest BCUT2D eigenvalue weighted by molar-refractivity contribution is 4.65. The van der Waals surface area contributed by atoms with Crippen LogP contribution in [0.4, 0.5) is 0 Å². The summed E-state index contributed by atoms with van der Waals surface area (Å²) in [6.45, 7) is 9.24. The summed E-state index contributed by atoms with van der Waals surface area (Å²) in [5.41, 5.74) is 6.02. The van der Waals surface area contributed by atoms with E-state index in [1.165, 1.54) is 77.0 Å². The van der Waals surface area contributed by atoms with E-state index >= 15 is 0 Å². The van der Waals surface area contributed by atoms with Crippen molar-refractivity contribution in [2.75, 3.05) is 6.61 Å². The zero-order valence-electron chi connectivity index (χ0n) is 16.0. The van der Waals surface area contributed by atoms with E-state index in [1.54, 1.807) is 0 Å². The molecule has 0 aliphatic heterocycles. The Morgan fingerprint density at radius 1 is 0.727 bits per heavy atom. The maximum absolute atomic E-state index is 6.09. The van der Waals surface area contributed by atoms with Gasteiger partial charge in [-0.05, 0) is 27.2 Å². The number of hydrogen-bond donors (Lipinski definition) is 1. The summed E-state index contributed by atoms with van der Waals surface area (Å²) in [7, 11) is 0. The first-order valence-corrected chi connectivity index (χ1v) is 9.85. The summed E-state index contributed by atoms with van der Waals surface area (Å²) in [4.78, 5) is 0. The average Bonchev–Trinajstić information content (AvgIpc) is 2.45. The molecule has 0 aliphatic rings. The van der Waals surface area contributed by atoms with E-state index in [0.29, 0.717) is 6.61 Å². The molecule has 134 valence electrons. The Bertz CT molecular complexity index is 222. The number of rotatable bonds is 15. The van der Waals surface area contributed by atoms with Crippen LogP contribution in [0.25, 0.3) is 0 Å². The van der Waals surface area contributed by atoms with Crippen molar-refractivity contribution in [3.8, 4) is 0 Å². The zero-order chi connectivity index (χ0) is 16.7. The lowest BCUT2D eigenvalue weighted by molar-refractivity contribution is -0.0110. The largest absolute Gasteiger partial charge is 0.374 e. The predicted molar refractivity (Wildman–Crippen MR) is 99.4 cm³/mol. The van der Waals surface area contributed by atoms with Gasteiger partial charge in [0.1, 0.15) is 0 Å². The van der Waals surface area contributed by atoms with Crippen molar-refractivity contribution >= 4 is 0 Å². The van der Waals surface area contributed by atoms with Gasteiger partial charge in [-0.3, -0.25) is 0 Å². The van der Waals surface area contributed by atoms with Crippen LogP contribution < -0.4 is 5.73 Å². The van der Waals surface area contributed by atoms with Gasteiger partial charge in [0.15, 0.2) is 0 Å². The van der Waals surface area contributed by atoms with Crippen molar-refractivity contribution in [1.82, 2.24) is 0 Å². The molecule has 0 bridgehead atoms. The van der Waals surface area contributed by atoms with Crippen molar-refractivity contribution in [2.24, 2.45) is 5.73 Å². The highest BCUT2D eigenvalue weighted by Crippen LogP contribution is 2.13. The molecule has 2 nitrogen and oxygen atoms in total. The van der Waals surface area contributed by atoms with E-state index < -0.39 is 0 Å². The van der Waals surface area contributed by atoms with E-state index in [9.17, 15) is 0 Å². The summed E-state index contributed by atoms with van der Waals surface area (Å²) in [5.74, 6) is 0. The first kappa shape index (κ1) is 21.9. The molecule has 1 atom stereocenters. The lowest BCUT2D eigenvalue weighted by Crippen LogP contribution is -2.31. The van der Waals surface area contributed by atoms with Crippen LogP contribution in [0.3, 0.4) is 0 Å². The second-order valence-electron chi connectivity index (χ2n) is 7.86. The summed E-state index contributed by atoms with van der Waals surface area (Å²) in [6, 6.07) is 0.211. The Labute approximate surface area is 140 Å². The van der Waals surface area contributed by atoms with Crippen LogP contribution >= 0.6 is 0 Å². The topological polar surface area (TPSA) is 35.2 Å². The Kier molecular flexibility index (Phi) is 14.5. The highest BCUT2D eigenvalue weighted by Gasteiger charge is 2.12. The molecule has 0 heterocycles. The fourth-order valence-electron chi connectivity index (χ4n) is 2.69. The average molecular weight is 314 g/mol. The molecular weight excluding hydrogens is 270 g/mol. The monoisotopic (exact) mass is 313 g/mol. The number of nitrogens with two attached hydrogens (primary N) is 1. The predicted octanol–water partition coefficient (Wildman–Crippen LogP) is 6.22. The van der Waals surface area contributed by atoms with Crippen LogP contribution in [0, 0.1) is 0 Å². The molecule has 0 aromatic carbocycles. The quantitative estimate of drug-likeness (QED) is 0.364. The van der Waals surface area contributed by atoms with E-state index in [-0.39, 0.29) is 11.6 Å². The molecule has 0 spiro atoms. The minimum atomic E-state index is -0.0613. The summed E-state index contributed by atoms with van der Waals surface area (Å²) in [6.07, 6.45) is 17.9. The maximum Gasteiger partial charge on any atom is 0.0624 e. The van der Waals surface area contributed by atoms with Crippen LogP contribution in [-0.4, -0.2) is 18.2 Å². The third kappa shape index (κ3) is 18.0. The van der Waals surface area contributed by atoms with Gasteiger partial charge < -0.3 is 10.5 Å². The second kappa shape index (κ2) is 14.5. The molecule has 0 rings (SSSR count). The summed E-state index contributed by atoms with van der Waals surface area (Å²) in [5, 5.41) is 0. The normalized spacial score (nSPS) is 13.5. The van der Waals surface area contributed by atoms with Gasteiger partial charge in [0.05, 0.1) is 12.2 Å². The van der Waals surface area contributed by atoms with Crippen molar-refractivity contribution in [3.63, 3.8) is 0 Å². The van der Waals surface area contributed by atoms with E-state index in [4.69, 9.17) is 10.5 Å². The van der Waals surface area contributed by atoms with Gasteiger partial charge in [0, 0.05) is 6.04 Å². The van der Waals surface area contributed by atoms with Crippen LogP contribution in [-0.2, 0) is 4.74 Å². The van der Waals surface area contributed by atoms with E-state index in [2.05, 4.69) is 27.7 Å². The molecule has 1 unspecified atom stereocenters. The van der Waals surface area contributed by atoms with Gasteiger partial charge in [0.25, 0.3) is 0 Å². The molecule has 0 radical (unpaired) electrons. The zero-order valence-corrected chi connectivity index (χ0v) is 16.0. The smallest absolute Gasteiger partial charge is 0.0624 e. The fourth-order valence-corrected chi connectivity index (χ4v) is 2.69. The maximum atomic E-state index is 6.09. The fraction of sp³-hybridized carbons (Fsp3) is 1.00. The van der Waals surface area contributed by atoms with Gasteiger partial charge in [-0.2, -0.15) is 0 Å². The molecule has 0 aromatic rings. The molecule has 0 aliphatic carbocycles. The molecular formula is C20H43NO. The molecule has 0 aromatic heterocycles. The van der Waals surface area contributed by atoms with Crippen LogP contribution in [0.15, 0.2) is 0 Å². The minimum Gasteiger partial charge on any atom is -0.374 e. The molecule has 0 fully saturated rings. The number of unbranched alkanes of at least 4 members (excludes halogenated alkanes) is 11. The van der Waals surface area contributed by atoms with Gasteiger partial charge in [-0.25, -0.2) is 0 Å². The Morgan fingerprint density at radius 3 is 1.55 bits per heavy atom. The Balaban J connectivity index is 3.17. The van der Waals surface area contributed by atoms with Gasteiger partial charge in [0.2, 0.25) is 0 Å². The minimum absolute atomic E-state index is 0.0613. The van der Waals surface area contributed by atoms with E-state index in [1.807, 2.05) is 0 Å². The van der Waals surface area contributed by atoms with Crippen LogP contribution in [0.2, 0.25) is 0 Å². The van der Waals surface area contributed by atoms with Crippen molar-refractivity contribution < 1.29 is 4.74 Å². The molecule has 2 N–H and O–H groups in total. The van der Waals surface area contributed by atoms with Gasteiger partial charge >= 0.3 is 0 Å². The van der Waals surface area contributed by atoms with Gasteiger partial charge in [-0.1, -0.05) is 84.0 Å². The first-order valence-electron chi connectivity index (χ1n) is 9.85. The lowest BCUT2D eigenvalue weighted by atomic mass is 10.0. The molecule has 0 saturated carbocycles. The van der Waals surface area contributed by atoms with Crippen molar-refractivity contribution in [1.29, 1.82) is 0 Å². The van der Waals surface area contributed by atoms with Crippen LogP contribution in [0.1, 0.15) is 111 Å². The standard InChI is InChI=1S/C20H43NO/c1-5-6-7-8-9-10-11-12-13-14-15-16-17-19(21)18-22-20(2,3)4/h19H,5-18,21H2,1-4H3. The number of ether oxygens (including phenoxy) is 1. The van der Waals surface area contributed by atoms with E-state index in [0.717, 1.165) is 6.42 Å². The summed E-state index contributed by atoms with van der Waals surface area (Å²) < 4.78 is 5.72. The number of hydrogen-bond acceptors (Lipinski definition) is 2. The lowest BCUT2D eigenvalue weighted by Gasteiger charge is -2.22. The molecule has 0 amide bonds.